The Morgan fingerprint density at radius 2 is 1.61 bits per heavy atom. The largest absolute Gasteiger partial charge is 0.493 e. The van der Waals surface area contributed by atoms with Crippen LogP contribution in [0, 0.1) is 13.8 Å². The van der Waals surface area contributed by atoms with E-state index >= 15 is 0 Å². The molecule has 174 valence electrons. The summed E-state index contributed by atoms with van der Waals surface area (Å²) in [6, 6.07) is 16.2. The second-order valence-electron chi connectivity index (χ2n) is 7.37. The zero-order chi connectivity index (χ0) is 24.2. The molecular formula is C24H25ClN2O5S. The minimum Gasteiger partial charge on any atom is -0.493 e. The molecule has 33 heavy (non-hydrogen) atoms. The molecule has 0 spiro atoms. The molecule has 7 nitrogen and oxygen atoms in total. The highest BCUT2D eigenvalue weighted by molar-refractivity contribution is 7.92. The van der Waals surface area contributed by atoms with E-state index in [1.807, 2.05) is 6.92 Å². The van der Waals surface area contributed by atoms with Gasteiger partial charge in [0.05, 0.1) is 24.8 Å². The van der Waals surface area contributed by atoms with Crippen LogP contribution in [0.25, 0.3) is 0 Å². The fourth-order valence-electron chi connectivity index (χ4n) is 3.28. The van der Waals surface area contributed by atoms with Gasteiger partial charge in [0.2, 0.25) is 5.91 Å². The first-order chi connectivity index (χ1) is 15.6. The van der Waals surface area contributed by atoms with Crippen LogP contribution in [0.15, 0.2) is 65.6 Å². The van der Waals surface area contributed by atoms with Crippen LogP contribution in [0.1, 0.15) is 11.1 Å². The van der Waals surface area contributed by atoms with Crippen LogP contribution in [0.2, 0.25) is 5.02 Å². The number of carbonyl (C=O) groups excluding carboxylic acids is 1. The molecule has 3 rings (SSSR count). The van der Waals surface area contributed by atoms with E-state index < -0.39 is 22.5 Å². The third-order valence-corrected chi connectivity index (χ3v) is 7.00. The summed E-state index contributed by atoms with van der Waals surface area (Å²) in [5.74, 6) is 0.427. The number of nitrogens with zero attached hydrogens (tertiary/aromatic N) is 1. The van der Waals surface area contributed by atoms with Crippen LogP contribution < -0.4 is 19.1 Å². The third-order valence-electron chi connectivity index (χ3n) is 4.99. The number of methoxy groups -OCH3 is 2. The maximum Gasteiger partial charge on any atom is 0.264 e. The van der Waals surface area contributed by atoms with Crippen molar-refractivity contribution >= 4 is 38.9 Å². The molecule has 0 aliphatic heterocycles. The van der Waals surface area contributed by atoms with Gasteiger partial charge in [-0.2, -0.15) is 0 Å². The van der Waals surface area contributed by atoms with E-state index in [0.717, 1.165) is 9.87 Å². The number of anilines is 2. The Kier molecular flexibility index (Phi) is 7.50. The summed E-state index contributed by atoms with van der Waals surface area (Å²) in [5, 5.41) is 3.20. The average molecular weight is 489 g/mol. The summed E-state index contributed by atoms with van der Waals surface area (Å²) in [6.45, 7) is 3.17. The van der Waals surface area contributed by atoms with Crippen LogP contribution in [0.3, 0.4) is 0 Å². The van der Waals surface area contributed by atoms with E-state index in [2.05, 4.69) is 5.32 Å². The molecule has 0 heterocycles. The van der Waals surface area contributed by atoms with Crippen molar-refractivity contribution in [3.63, 3.8) is 0 Å². The molecule has 0 atom stereocenters. The molecule has 0 aromatic heterocycles. The zero-order valence-corrected chi connectivity index (χ0v) is 20.3. The normalized spacial score (nSPS) is 11.1. The van der Waals surface area contributed by atoms with Crippen molar-refractivity contribution in [1.82, 2.24) is 0 Å². The molecule has 1 amide bonds. The van der Waals surface area contributed by atoms with Gasteiger partial charge in [-0.25, -0.2) is 8.42 Å². The number of halogens is 1. The second kappa shape index (κ2) is 10.1. The van der Waals surface area contributed by atoms with E-state index in [1.54, 1.807) is 55.5 Å². The number of rotatable bonds is 8. The lowest BCUT2D eigenvalue weighted by molar-refractivity contribution is -0.114. The Morgan fingerprint density at radius 3 is 2.21 bits per heavy atom. The van der Waals surface area contributed by atoms with E-state index in [1.165, 1.54) is 26.4 Å². The van der Waals surface area contributed by atoms with Crippen molar-refractivity contribution in [3.05, 3.63) is 76.8 Å². The van der Waals surface area contributed by atoms with Crippen LogP contribution in [-0.2, 0) is 14.8 Å². The molecule has 0 fully saturated rings. The Hall–Kier alpha value is -3.23. The van der Waals surface area contributed by atoms with Crippen LogP contribution >= 0.6 is 11.6 Å². The zero-order valence-electron chi connectivity index (χ0n) is 18.8. The van der Waals surface area contributed by atoms with Crippen molar-refractivity contribution in [1.29, 1.82) is 0 Å². The summed E-state index contributed by atoms with van der Waals surface area (Å²) in [5.41, 5.74) is 2.35. The molecule has 0 unspecified atom stereocenters. The first kappa shape index (κ1) is 24.4. The first-order valence-electron chi connectivity index (χ1n) is 10.0. The number of nitrogens with one attached hydrogen (secondary N) is 1. The SMILES string of the molecule is COc1ccc(NC(=O)CN(c2ccc(Cl)cc2C)S(=O)(=O)c2ccc(C)cc2)cc1OC. The van der Waals surface area contributed by atoms with Gasteiger partial charge >= 0.3 is 0 Å². The molecule has 0 saturated carbocycles. The molecule has 0 bridgehead atoms. The maximum absolute atomic E-state index is 13.5. The third kappa shape index (κ3) is 5.58. The fraction of sp³-hybridized carbons (Fsp3) is 0.208. The Labute approximate surface area is 198 Å². The number of sulfonamides is 1. The number of benzene rings is 3. The molecular weight excluding hydrogens is 464 g/mol. The van der Waals surface area contributed by atoms with Crippen molar-refractivity contribution < 1.29 is 22.7 Å². The summed E-state index contributed by atoms with van der Waals surface area (Å²) in [7, 11) is -1.03. The Morgan fingerprint density at radius 1 is 0.939 bits per heavy atom. The van der Waals surface area contributed by atoms with Gasteiger partial charge in [-0.1, -0.05) is 29.3 Å². The lowest BCUT2D eigenvalue weighted by Gasteiger charge is -2.26. The molecule has 0 saturated heterocycles. The van der Waals surface area contributed by atoms with Crippen LogP contribution in [-0.4, -0.2) is 35.1 Å². The Bertz CT molecular complexity index is 1260. The lowest BCUT2D eigenvalue weighted by atomic mass is 10.2. The number of ether oxygens (including phenoxy) is 2. The van der Waals surface area contributed by atoms with Crippen molar-refractivity contribution in [2.75, 3.05) is 30.4 Å². The van der Waals surface area contributed by atoms with Gasteiger partial charge in [-0.3, -0.25) is 9.10 Å². The van der Waals surface area contributed by atoms with Crippen LogP contribution in [0.5, 0.6) is 11.5 Å². The lowest BCUT2D eigenvalue weighted by Crippen LogP contribution is -2.38. The molecule has 1 N–H and O–H groups in total. The van der Waals surface area contributed by atoms with Gasteiger partial charge in [0.15, 0.2) is 11.5 Å². The highest BCUT2D eigenvalue weighted by Gasteiger charge is 2.28. The smallest absolute Gasteiger partial charge is 0.264 e. The number of carbonyl (C=O) groups is 1. The average Bonchev–Trinajstić information content (AvgIpc) is 2.78. The van der Waals surface area contributed by atoms with Gasteiger partial charge in [-0.05, 0) is 61.9 Å². The molecule has 3 aromatic rings. The Balaban J connectivity index is 1.96. The number of aryl methyl sites for hydroxylation is 2. The summed E-state index contributed by atoms with van der Waals surface area (Å²) < 4.78 is 38.6. The van der Waals surface area contributed by atoms with E-state index in [-0.39, 0.29) is 4.90 Å². The van der Waals surface area contributed by atoms with Crippen LogP contribution in [0.4, 0.5) is 11.4 Å². The van der Waals surface area contributed by atoms with Gasteiger partial charge in [0.25, 0.3) is 10.0 Å². The number of hydrogen-bond donors (Lipinski definition) is 1. The van der Waals surface area contributed by atoms with Gasteiger partial charge in [0.1, 0.15) is 6.54 Å². The van der Waals surface area contributed by atoms with Gasteiger partial charge in [0, 0.05) is 16.8 Å². The summed E-state index contributed by atoms with van der Waals surface area (Å²) >= 11 is 6.07. The highest BCUT2D eigenvalue weighted by atomic mass is 35.5. The standard InChI is InChI=1S/C24H25ClN2O5S/c1-16-5-9-20(10-6-16)33(29,30)27(21-11-7-18(25)13-17(21)2)15-24(28)26-19-8-12-22(31-3)23(14-19)32-4/h5-14H,15H2,1-4H3,(H,26,28). The number of hydrogen-bond acceptors (Lipinski definition) is 5. The fourth-order valence-corrected chi connectivity index (χ4v) is 4.99. The highest BCUT2D eigenvalue weighted by Crippen LogP contribution is 2.31. The predicted molar refractivity (Wildman–Crippen MR) is 130 cm³/mol. The van der Waals surface area contributed by atoms with Crippen molar-refractivity contribution in [3.8, 4) is 11.5 Å². The monoisotopic (exact) mass is 488 g/mol. The first-order valence-corrected chi connectivity index (χ1v) is 11.8. The van der Waals surface area contributed by atoms with E-state index in [9.17, 15) is 13.2 Å². The van der Waals surface area contributed by atoms with Crippen molar-refractivity contribution in [2.24, 2.45) is 0 Å². The second-order valence-corrected chi connectivity index (χ2v) is 9.67. The summed E-state index contributed by atoms with van der Waals surface area (Å²) in [6.07, 6.45) is 0. The summed E-state index contributed by atoms with van der Waals surface area (Å²) in [4.78, 5) is 13.0. The molecule has 9 heteroatoms. The minimum absolute atomic E-state index is 0.0846. The predicted octanol–water partition coefficient (Wildman–Crippen LogP) is 4.81. The van der Waals surface area contributed by atoms with Gasteiger partial charge < -0.3 is 14.8 Å². The van der Waals surface area contributed by atoms with Gasteiger partial charge in [-0.15, -0.1) is 0 Å². The number of amides is 1. The molecule has 3 aromatic carbocycles. The van der Waals surface area contributed by atoms with E-state index in [4.69, 9.17) is 21.1 Å². The quantitative estimate of drug-likeness (QED) is 0.492. The molecule has 0 aliphatic rings. The topological polar surface area (TPSA) is 84.9 Å². The van der Waals surface area contributed by atoms with E-state index in [0.29, 0.717) is 33.5 Å². The molecule has 0 aliphatic carbocycles. The minimum atomic E-state index is -4.03. The molecule has 0 radical (unpaired) electrons. The van der Waals surface area contributed by atoms with Crippen molar-refractivity contribution in [2.45, 2.75) is 18.7 Å². The maximum atomic E-state index is 13.5.